The molecule has 0 saturated heterocycles. The van der Waals surface area contributed by atoms with Gasteiger partial charge in [0.1, 0.15) is 29.6 Å². The van der Waals surface area contributed by atoms with E-state index in [1.165, 1.54) is 6.08 Å². The van der Waals surface area contributed by atoms with E-state index in [-0.39, 0.29) is 5.78 Å². The van der Waals surface area contributed by atoms with Gasteiger partial charge < -0.3 is 9.15 Å². The molecule has 0 radical (unpaired) electrons. The van der Waals surface area contributed by atoms with Crippen LogP contribution in [0, 0.1) is 0 Å². The minimum absolute atomic E-state index is 0.110. The maximum absolute atomic E-state index is 12.3. The molecule has 0 atom stereocenters. The molecule has 4 rings (SSSR count). The van der Waals surface area contributed by atoms with Gasteiger partial charge in [-0.15, -0.1) is 0 Å². The lowest BCUT2D eigenvalue weighted by Crippen LogP contribution is -2.07. The van der Waals surface area contributed by atoms with E-state index in [2.05, 4.69) is 27.1 Å². The summed E-state index contributed by atoms with van der Waals surface area (Å²) in [7, 11) is 0. The molecule has 0 aliphatic heterocycles. The third kappa shape index (κ3) is 4.49. The predicted molar refractivity (Wildman–Crippen MR) is 116 cm³/mol. The largest absolute Gasteiger partial charge is 0.486 e. The first-order valence-corrected chi connectivity index (χ1v) is 10.1. The van der Waals surface area contributed by atoms with Gasteiger partial charge in [0.05, 0.1) is 0 Å². The summed E-state index contributed by atoms with van der Waals surface area (Å²) in [4.78, 5) is 12.3. The van der Waals surface area contributed by atoms with Crippen molar-refractivity contribution in [2.24, 2.45) is 0 Å². The van der Waals surface area contributed by atoms with Crippen molar-refractivity contribution in [1.29, 1.82) is 0 Å². The van der Waals surface area contributed by atoms with E-state index in [4.69, 9.17) is 9.15 Å². The number of benzene rings is 2. The van der Waals surface area contributed by atoms with Crippen LogP contribution in [0.1, 0.15) is 28.9 Å². The number of aromatic nitrogens is 2. The number of hydrogen-bond donors (Lipinski definition) is 0. The second-order valence-electron chi connectivity index (χ2n) is 6.48. The monoisotopic (exact) mass is 450 g/mol. The lowest BCUT2D eigenvalue weighted by Gasteiger charge is -2.06. The standard InChI is InChI=1S/C23H19BrN2O3/c1-2-26-22(11-12-25-26)23(27)10-9-19-7-8-21(29-19)15-28-20-6-4-16-13-18(24)5-3-17(16)14-20/h3-14H,2,15H2,1H3/b10-9+. The fourth-order valence-electron chi connectivity index (χ4n) is 3.04. The number of ether oxygens (including phenoxy) is 1. The Morgan fingerprint density at radius 2 is 1.97 bits per heavy atom. The van der Waals surface area contributed by atoms with Gasteiger partial charge in [-0.2, -0.15) is 5.10 Å². The number of halogens is 1. The molecule has 0 aliphatic rings. The first kappa shape index (κ1) is 19.2. The van der Waals surface area contributed by atoms with Gasteiger partial charge >= 0.3 is 0 Å². The van der Waals surface area contributed by atoms with Crippen LogP contribution in [0.3, 0.4) is 0 Å². The van der Waals surface area contributed by atoms with Crippen LogP contribution < -0.4 is 4.74 Å². The van der Waals surface area contributed by atoms with Gasteiger partial charge in [0.25, 0.3) is 0 Å². The van der Waals surface area contributed by atoms with E-state index in [1.54, 1.807) is 23.0 Å². The number of nitrogens with zero attached hydrogens (tertiary/aromatic N) is 2. The number of rotatable bonds is 7. The van der Waals surface area contributed by atoms with E-state index in [1.807, 2.05) is 49.4 Å². The minimum Gasteiger partial charge on any atom is -0.486 e. The summed E-state index contributed by atoms with van der Waals surface area (Å²) in [5.74, 6) is 1.95. The number of furan rings is 1. The number of ketones is 1. The van der Waals surface area contributed by atoms with Crippen LogP contribution in [0.5, 0.6) is 5.75 Å². The number of hydrogen-bond acceptors (Lipinski definition) is 4. The molecule has 4 aromatic rings. The highest BCUT2D eigenvalue weighted by Crippen LogP contribution is 2.25. The van der Waals surface area contributed by atoms with E-state index in [0.29, 0.717) is 30.4 Å². The average molecular weight is 451 g/mol. The second kappa shape index (κ2) is 8.49. The van der Waals surface area contributed by atoms with E-state index < -0.39 is 0 Å². The van der Waals surface area contributed by atoms with Crippen LogP contribution in [0.15, 0.2) is 75.8 Å². The molecule has 0 spiro atoms. The van der Waals surface area contributed by atoms with Crippen LogP contribution in [0.25, 0.3) is 16.8 Å². The molecule has 0 N–H and O–H groups in total. The first-order valence-electron chi connectivity index (χ1n) is 9.27. The van der Waals surface area contributed by atoms with Gasteiger partial charge in [-0.3, -0.25) is 9.48 Å². The topological polar surface area (TPSA) is 57.3 Å². The summed E-state index contributed by atoms with van der Waals surface area (Å²) < 4.78 is 14.3. The number of aryl methyl sites for hydroxylation is 1. The fourth-order valence-corrected chi connectivity index (χ4v) is 3.42. The van der Waals surface area contributed by atoms with Crippen LogP contribution in [0.4, 0.5) is 0 Å². The van der Waals surface area contributed by atoms with E-state index in [0.717, 1.165) is 21.0 Å². The highest BCUT2D eigenvalue weighted by atomic mass is 79.9. The van der Waals surface area contributed by atoms with Crippen molar-refractivity contribution in [2.75, 3.05) is 0 Å². The van der Waals surface area contributed by atoms with Crippen LogP contribution in [0.2, 0.25) is 0 Å². The molecule has 146 valence electrons. The summed E-state index contributed by atoms with van der Waals surface area (Å²) in [6, 6.07) is 17.5. The zero-order valence-electron chi connectivity index (χ0n) is 15.8. The molecule has 0 fully saturated rings. The van der Waals surface area contributed by atoms with Gasteiger partial charge in [-0.1, -0.05) is 28.1 Å². The Bertz CT molecular complexity index is 1190. The van der Waals surface area contributed by atoms with Crippen molar-refractivity contribution in [3.05, 3.63) is 88.6 Å². The Morgan fingerprint density at radius 1 is 1.14 bits per heavy atom. The Balaban J connectivity index is 1.39. The third-order valence-electron chi connectivity index (χ3n) is 4.50. The van der Waals surface area contributed by atoms with Gasteiger partial charge in [-0.05, 0) is 72.3 Å². The van der Waals surface area contributed by atoms with Crippen molar-refractivity contribution in [3.63, 3.8) is 0 Å². The zero-order chi connectivity index (χ0) is 20.2. The number of carbonyl (C=O) groups excluding carboxylic acids is 1. The summed E-state index contributed by atoms with van der Waals surface area (Å²) >= 11 is 3.48. The van der Waals surface area contributed by atoms with Gasteiger partial charge in [0.15, 0.2) is 0 Å². The maximum Gasteiger partial charge on any atom is 0.203 e. The fraction of sp³-hybridized carbons (Fsp3) is 0.130. The van der Waals surface area contributed by atoms with Gasteiger partial charge in [-0.25, -0.2) is 0 Å². The molecule has 2 aromatic carbocycles. The predicted octanol–water partition coefficient (Wildman–Crippen LogP) is 5.89. The van der Waals surface area contributed by atoms with E-state index in [9.17, 15) is 4.79 Å². The Hall–Kier alpha value is -3.12. The van der Waals surface area contributed by atoms with Gasteiger partial charge in [0, 0.05) is 17.2 Å². The molecule has 0 bridgehead atoms. The minimum atomic E-state index is -0.110. The van der Waals surface area contributed by atoms with Crippen LogP contribution in [-0.4, -0.2) is 15.6 Å². The number of allylic oxidation sites excluding steroid dienone is 1. The van der Waals surface area contributed by atoms with Crippen molar-refractivity contribution < 1.29 is 13.9 Å². The average Bonchev–Trinajstić information content (AvgIpc) is 3.39. The molecule has 2 heterocycles. The molecule has 6 heteroatoms. The number of fused-ring (bicyclic) bond motifs is 1. The third-order valence-corrected chi connectivity index (χ3v) is 5.00. The summed E-state index contributed by atoms with van der Waals surface area (Å²) in [6.45, 7) is 2.91. The van der Waals surface area contributed by atoms with Crippen molar-refractivity contribution >= 4 is 38.6 Å². The molecule has 0 aliphatic carbocycles. The molecule has 0 unspecified atom stereocenters. The molecular formula is C23H19BrN2O3. The highest BCUT2D eigenvalue weighted by Gasteiger charge is 2.08. The Morgan fingerprint density at radius 3 is 2.83 bits per heavy atom. The Labute approximate surface area is 176 Å². The molecule has 0 amide bonds. The Kier molecular flexibility index (Phi) is 5.62. The molecule has 0 saturated carbocycles. The van der Waals surface area contributed by atoms with Crippen LogP contribution in [-0.2, 0) is 13.2 Å². The quantitative estimate of drug-likeness (QED) is 0.260. The zero-order valence-corrected chi connectivity index (χ0v) is 17.4. The van der Waals surface area contributed by atoms with Crippen LogP contribution >= 0.6 is 15.9 Å². The lowest BCUT2D eigenvalue weighted by atomic mass is 10.1. The normalized spacial score (nSPS) is 11.4. The summed E-state index contributed by atoms with van der Waals surface area (Å²) in [5, 5.41) is 6.37. The lowest BCUT2D eigenvalue weighted by molar-refractivity contribution is 0.103. The highest BCUT2D eigenvalue weighted by molar-refractivity contribution is 9.10. The van der Waals surface area contributed by atoms with Crippen molar-refractivity contribution in [3.8, 4) is 5.75 Å². The summed E-state index contributed by atoms with van der Waals surface area (Å²) in [6.07, 6.45) is 4.78. The second-order valence-corrected chi connectivity index (χ2v) is 7.39. The van der Waals surface area contributed by atoms with E-state index >= 15 is 0 Å². The number of carbonyl (C=O) groups is 1. The van der Waals surface area contributed by atoms with Crippen molar-refractivity contribution in [2.45, 2.75) is 20.1 Å². The SMILES string of the molecule is CCn1nccc1C(=O)/C=C/c1ccc(COc2ccc3cc(Br)ccc3c2)o1. The maximum atomic E-state index is 12.3. The first-order chi connectivity index (χ1) is 14.1. The van der Waals surface area contributed by atoms with Crippen molar-refractivity contribution in [1.82, 2.24) is 9.78 Å². The summed E-state index contributed by atoms with van der Waals surface area (Å²) in [5.41, 5.74) is 0.558. The van der Waals surface area contributed by atoms with Gasteiger partial charge in [0.2, 0.25) is 5.78 Å². The smallest absolute Gasteiger partial charge is 0.203 e. The molecule has 5 nitrogen and oxygen atoms in total. The molecule has 29 heavy (non-hydrogen) atoms. The molecular weight excluding hydrogens is 432 g/mol. The molecule has 2 aromatic heterocycles.